The van der Waals surface area contributed by atoms with E-state index in [9.17, 15) is 4.79 Å². The number of rotatable bonds is 3. The highest BCUT2D eigenvalue weighted by Gasteiger charge is 2.38. The Morgan fingerprint density at radius 2 is 1.91 bits per heavy atom. The number of hydrogen-bond acceptors (Lipinski definition) is 5. The van der Waals surface area contributed by atoms with Crippen molar-refractivity contribution in [3.8, 4) is 11.3 Å². The third-order valence-corrected chi connectivity index (χ3v) is 7.38. The number of aryl methyl sites for hydroxylation is 1. The van der Waals surface area contributed by atoms with Gasteiger partial charge < -0.3 is 10.6 Å². The summed E-state index contributed by atoms with van der Waals surface area (Å²) in [6.07, 6.45) is 7.13. The van der Waals surface area contributed by atoms with Crippen LogP contribution in [0.25, 0.3) is 16.9 Å². The van der Waals surface area contributed by atoms with E-state index in [0.29, 0.717) is 11.6 Å². The first-order chi connectivity index (χ1) is 16.2. The maximum Gasteiger partial charge on any atom is 0.247 e. The molecule has 2 aliphatic rings. The molecule has 0 fully saturated rings. The van der Waals surface area contributed by atoms with E-state index >= 15 is 0 Å². The summed E-state index contributed by atoms with van der Waals surface area (Å²) in [5.41, 5.74) is 7.67. The normalized spacial score (nSPS) is 17.8. The first kappa shape index (κ1) is 20.8. The standard InChI is InChI=1S/C27H28N6O/c1-26(2)11-5-6-16-7-8-17(14-20(16)26)22-23-31-25(32-33(23)13-12-28-22)29-18-9-10-19-21(15-18)30-24(34)27(19,3)4/h7-10,12-15H,5-6,11H2,1-4H3,(H,29,32)(H,30,34). The number of hydrogen-bond donors (Lipinski definition) is 2. The van der Waals surface area contributed by atoms with Crippen LogP contribution in [-0.2, 0) is 22.0 Å². The molecule has 0 saturated heterocycles. The summed E-state index contributed by atoms with van der Waals surface area (Å²) in [6, 6.07) is 12.5. The monoisotopic (exact) mass is 452 g/mol. The molecule has 7 heteroatoms. The van der Waals surface area contributed by atoms with Crippen molar-refractivity contribution in [3.05, 3.63) is 65.5 Å². The molecule has 2 N–H and O–H groups in total. The van der Waals surface area contributed by atoms with Crippen LogP contribution in [0.15, 0.2) is 48.8 Å². The zero-order valence-corrected chi connectivity index (χ0v) is 19.9. The maximum atomic E-state index is 12.3. The number of carbonyl (C=O) groups is 1. The van der Waals surface area contributed by atoms with Gasteiger partial charge in [0.15, 0.2) is 5.65 Å². The maximum absolute atomic E-state index is 12.3. The summed E-state index contributed by atoms with van der Waals surface area (Å²) < 4.78 is 1.76. The lowest BCUT2D eigenvalue weighted by atomic mass is 9.72. The zero-order valence-electron chi connectivity index (χ0n) is 19.9. The van der Waals surface area contributed by atoms with E-state index < -0.39 is 5.41 Å². The highest BCUT2D eigenvalue weighted by molar-refractivity contribution is 6.06. The van der Waals surface area contributed by atoms with E-state index in [-0.39, 0.29) is 11.3 Å². The van der Waals surface area contributed by atoms with E-state index in [0.717, 1.165) is 34.6 Å². The van der Waals surface area contributed by atoms with Crippen molar-refractivity contribution in [1.29, 1.82) is 0 Å². The minimum Gasteiger partial charge on any atom is -0.325 e. The molecule has 7 nitrogen and oxygen atoms in total. The zero-order chi connectivity index (χ0) is 23.7. The Morgan fingerprint density at radius 3 is 2.76 bits per heavy atom. The van der Waals surface area contributed by atoms with Gasteiger partial charge in [0.2, 0.25) is 11.9 Å². The smallest absolute Gasteiger partial charge is 0.247 e. The van der Waals surface area contributed by atoms with Crippen molar-refractivity contribution in [3.63, 3.8) is 0 Å². The number of benzene rings is 2. The molecule has 0 atom stereocenters. The van der Waals surface area contributed by atoms with Crippen molar-refractivity contribution in [1.82, 2.24) is 19.6 Å². The number of amides is 1. The van der Waals surface area contributed by atoms with Crippen LogP contribution in [-0.4, -0.2) is 25.5 Å². The van der Waals surface area contributed by atoms with Gasteiger partial charge in [-0.3, -0.25) is 9.78 Å². The topological polar surface area (TPSA) is 84.2 Å². The molecule has 6 rings (SSSR count). The average molecular weight is 453 g/mol. The molecule has 4 aromatic rings. The van der Waals surface area contributed by atoms with Crippen LogP contribution < -0.4 is 10.6 Å². The molecule has 34 heavy (non-hydrogen) atoms. The third-order valence-electron chi connectivity index (χ3n) is 7.38. The van der Waals surface area contributed by atoms with Gasteiger partial charge in [0, 0.05) is 29.3 Å². The molecule has 0 spiro atoms. The Morgan fingerprint density at radius 1 is 1.06 bits per heavy atom. The van der Waals surface area contributed by atoms with Gasteiger partial charge in [0.05, 0.1) is 5.41 Å². The second-order valence-corrected chi connectivity index (χ2v) is 10.6. The van der Waals surface area contributed by atoms with Gasteiger partial charge in [0.25, 0.3) is 0 Å². The predicted octanol–water partition coefficient (Wildman–Crippen LogP) is 5.38. The van der Waals surface area contributed by atoms with Crippen molar-refractivity contribution >= 4 is 28.9 Å². The fourth-order valence-corrected chi connectivity index (χ4v) is 5.30. The van der Waals surface area contributed by atoms with Crippen molar-refractivity contribution < 1.29 is 4.79 Å². The van der Waals surface area contributed by atoms with Crippen LogP contribution in [0.3, 0.4) is 0 Å². The van der Waals surface area contributed by atoms with E-state index in [1.165, 1.54) is 24.0 Å². The fraction of sp³-hybridized carbons (Fsp3) is 0.333. The van der Waals surface area contributed by atoms with Gasteiger partial charge in [-0.2, -0.15) is 4.98 Å². The van der Waals surface area contributed by atoms with Gasteiger partial charge in [-0.1, -0.05) is 32.0 Å². The molecule has 1 amide bonds. The van der Waals surface area contributed by atoms with E-state index in [1.54, 1.807) is 10.7 Å². The van der Waals surface area contributed by atoms with Crippen molar-refractivity contribution in [2.45, 2.75) is 57.8 Å². The van der Waals surface area contributed by atoms with Gasteiger partial charge in [-0.05, 0) is 73.4 Å². The van der Waals surface area contributed by atoms with E-state index in [1.807, 2.05) is 38.2 Å². The lowest BCUT2D eigenvalue weighted by Gasteiger charge is -2.32. The highest BCUT2D eigenvalue weighted by Crippen LogP contribution is 2.40. The minimum absolute atomic E-state index is 0.00875. The molecule has 1 aliphatic heterocycles. The molecule has 0 bridgehead atoms. The summed E-state index contributed by atoms with van der Waals surface area (Å²) >= 11 is 0. The number of anilines is 3. The molecular formula is C27H28N6O. The Hall–Kier alpha value is -3.74. The quantitative estimate of drug-likeness (QED) is 0.436. The lowest BCUT2D eigenvalue weighted by Crippen LogP contribution is -2.26. The number of aromatic nitrogens is 4. The summed E-state index contributed by atoms with van der Waals surface area (Å²) in [4.78, 5) is 21.7. The Bertz CT molecular complexity index is 1470. The van der Waals surface area contributed by atoms with E-state index in [4.69, 9.17) is 4.98 Å². The number of fused-ring (bicyclic) bond motifs is 3. The van der Waals surface area contributed by atoms with E-state index in [2.05, 4.69) is 52.8 Å². The molecule has 172 valence electrons. The highest BCUT2D eigenvalue weighted by atomic mass is 16.2. The Balaban J connectivity index is 1.36. The minimum atomic E-state index is -0.529. The molecule has 0 saturated carbocycles. The Kier molecular flexibility index (Phi) is 4.37. The SMILES string of the molecule is CC1(C)CCCc2ccc(-c3nccn4nc(Nc5ccc6c(c5)NC(=O)C6(C)C)nc34)cc21. The Labute approximate surface area is 198 Å². The van der Waals surface area contributed by atoms with Crippen LogP contribution in [0.2, 0.25) is 0 Å². The number of nitrogens with one attached hydrogen (secondary N) is 2. The first-order valence-electron chi connectivity index (χ1n) is 11.8. The fourth-order valence-electron chi connectivity index (χ4n) is 5.30. The summed E-state index contributed by atoms with van der Waals surface area (Å²) in [7, 11) is 0. The van der Waals surface area contributed by atoms with Gasteiger partial charge in [0.1, 0.15) is 5.69 Å². The predicted molar refractivity (Wildman–Crippen MR) is 134 cm³/mol. The second kappa shape index (κ2) is 7.13. The molecule has 2 aromatic carbocycles. The van der Waals surface area contributed by atoms with Crippen LogP contribution in [0, 0.1) is 0 Å². The van der Waals surface area contributed by atoms with Crippen LogP contribution in [0.5, 0.6) is 0 Å². The number of nitrogens with zero attached hydrogens (tertiary/aromatic N) is 4. The molecule has 0 unspecified atom stereocenters. The van der Waals surface area contributed by atoms with Crippen LogP contribution in [0.1, 0.15) is 57.2 Å². The first-order valence-corrected chi connectivity index (χ1v) is 11.8. The van der Waals surface area contributed by atoms with Crippen LogP contribution >= 0.6 is 0 Å². The summed E-state index contributed by atoms with van der Waals surface area (Å²) in [5.74, 6) is 0.491. The van der Waals surface area contributed by atoms with Gasteiger partial charge >= 0.3 is 0 Å². The second-order valence-electron chi connectivity index (χ2n) is 10.6. The summed E-state index contributed by atoms with van der Waals surface area (Å²) in [6.45, 7) is 8.51. The molecule has 1 aliphatic carbocycles. The van der Waals surface area contributed by atoms with Gasteiger partial charge in [-0.25, -0.2) is 4.52 Å². The molecule has 2 aromatic heterocycles. The van der Waals surface area contributed by atoms with Crippen LogP contribution in [0.4, 0.5) is 17.3 Å². The summed E-state index contributed by atoms with van der Waals surface area (Å²) in [5, 5.41) is 10.9. The largest absolute Gasteiger partial charge is 0.325 e. The molecule has 0 radical (unpaired) electrons. The molecular weight excluding hydrogens is 424 g/mol. The lowest BCUT2D eigenvalue weighted by molar-refractivity contribution is -0.119. The molecule has 3 heterocycles. The van der Waals surface area contributed by atoms with Gasteiger partial charge in [-0.15, -0.1) is 5.10 Å². The number of carbonyl (C=O) groups excluding carboxylic acids is 1. The average Bonchev–Trinajstić information content (AvgIpc) is 3.30. The van der Waals surface area contributed by atoms with Crippen molar-refractivity contribution in [2.24, 2.45) is 0 Å². The third kappa shape index (κ3) is 3.18. The van der Waals surface area contributed by atoms with Crippen molar-refractivity contribution in [2.75, 3.05) is 10.6 Å².